The summed E-state index contributed by atoms with van der Waals surface area (Å²) < 4.78 is 0. The molecule has 20 heavy (non-hydrogen) atoms. The number of nitrogens with one attached hydrogen (secondary N) is 1. The molecule has 1 aliphatic heterocycles. The van der Waals surface area contributed by atoms with Crippen molar-refractivity contribution in [1.82, 2.24) is 25.1 Å². The van der Waals surface area contributed by atoms with Gasteiger partial charge in [0.1, 0.15) is 6.33 Å². The van der Waals surface area contributed by atoms with Crippen molar-refractivity contribution in [3.8, 4) is 0 Å². The predicted octanol–water partition coefficient (Wildman–Crippen LogP) is 0.119. The second-order valence-electron chi connectivity index (χ2n) is 5.42. The van der Waals surface area contributed by atoms with Crippen molar-refractivity contribution in [3.05, 3.63) is 24.3 Å². The van der Waals surface area contributed by atoms with Gasteiger partial charge in [0, 0.05) is 46.0 Å². The molecule has 2 heterocycles. The minimum absolute atomic E-state index is 0.178. The molecule has 1 N–H and O–H groups in total. The van der Waals surface area contributed by atoms with Crippen molar-refractivity contribution in [3.63, 3.8) is 0 Å². The standard InChI is InChI=1S/C14H23N5O/c1-18(2)14(20)10-19-7-4-12(5-8-19)16-9-13-3-6-15-11-17-13/h3,6,11-12,16H,4-5,7-10H2,1-2H3. The number of aromatic nitrogens is 2. The summed E-state index contributed by atoms with van der Waals surface area (Å²) in [5, 5.41) is 3.52. The number of carbonyl (C=O) groups is 1. The highest BCUT2D eigenvalue weighted by atomic mass is 16.2. The van der Waals surface area contributed by atoms with E-state index in [1.165, 1.54) is 0 Å². The van der Waals surface area contributed by atoms with Gasteiger partial charge in [0.15, 0.2) is 0 Å². The zero-order valence-electron chi connectivity index (χ0n) is 12.2. The first-order valence-electron chi connectivity index (χ1n) is 7.06. The molecule has 6 nitrogen and oxygen atoms in total. The van der Waals surface area contributed by atoms with E-state index >= 15 is 0 Å². The Labute approximate surface area is 120 Å². The van der Waals surface area contributed by atoms with Gasteiger partial charge in [-0.3, -0.25) is 9.69 Å². The van der Waals surface area contributed by atoms with Crippen LogP contribution >= 0.6 is 0 Å². The van der Waals surface area contributed by atoms with E-state index in [-0.39, 0.29) is 5.91 Å². The third kappa shape index (κ3) is 4.54. The number of likely N-dealkylation sites (N-methyl/N-ethyl adjacent to an activating group) is 1. The third-order valence-electron chi connectivity index (χ3n) is 3.66. The smallest absolute Gasteiger partial charge is 0.236 e. The molecule has 1 saturated heterocycles. The number of amides is 1. The Kier molecular flexibility index (Phi) is 5.43. The van der Waals surface area contributed by atoms with E-state index in [4.69, 9.17) is 0 Å². The molecule has 2 rings (SSSR count). The molecule has 0 unspecified atom stereocenters. The molecule has 1 aliphatic rings. The summed E-state index contributed by atoms with van der Waals surface area (Å²) in [6.45, 7) is 3.26. The molecule has 6 heteroatoms. The van der Waals surface area contributed by atoms with Gasteiger partial charge in [-0.15, -0.1) is 0 Å². The van der Waals surface area contributed by atoms with Gasteiger partial charge in [0.2, 0.25) is 5.91 Å². The summed E-state index contributed by atoms with van der Waals surface area (Å²) in [5.74, 6) is 0.178. The van der Waals surface area contributed by atoms with E-state index in [9.17, 15) is 4.79 Å². The average molecular weight is 277 g/mol. The van der Waals surface area contributed by atoms with Crippen LogP contribution in [-0.2, 0) is 11.3 Å². The normalized spacial score (nSPS) is 17.1. The van der Waals surface area contributed by atoms with E-state index in [0.717, 1.165) is 38.2 Å². The van der Waals surface area contributed by atoms with Crippen molar-refractivity contribution in [2.45, 2.75) is 25.4 Å². The average Bonchev–Trinajstić information content (AvgIpc) is 2.47. The molecule has 0 atom stereocenters. The Morgan fingerprint density at radius 1 is 1.45 bits per heavy atom. The molecule has 0 aromatic carbocycles. The Morgan fingerprint density at radius 3 is 2.80 bits per heavy atom. The number of carbonyl (C=O) groups excluding carboxylic acids is 1. The fourth-order valence-corrected chi connectivity index (χ4v) is 2.30. The molecular formula is C14H23N5O. The largest absolute Gasteiger partial charge is 0.348 e. The zero-order chi connectivity index (χ0) is 14.4. The summed E-state index contributed by atoms with van der Waals surface area (Å²) in [5.41, 5.74) is 1.02. The lowest BCUT2D eigenvalue weighted by Gasteiger charge is -2.32. The first-order valence-corrected chi connectivity index (χ1v) is 7.06. The van der Waals surface area contributed by atoms with Crippen LogP contribution in [0.15, 0.2) is 18.6 Å². The van der Waals surface area contributed by atoms with Gasteiger partial charge in [-0.05, 0) is 18.9 Å². The van der Waals surface area contributed by atoms with Crippen LogP contribution in [0, 0.1) is 0 Å². The number of hydrogen-bond donors (Lipinski definition) is 1. The van der Waals surface area contributed by atoms with Crippen LogP contribution in [0.3, 0.4) is 0 Å². The van der Waals surface area contributed by atoms with Gasteiger partial charge < -0.3 is 10.2 Å². The predicted molar refractivity (Wildman–Crippen MR) is 77.0 cm³/mol. The van der Waals surface area contributed by atoms with Crippen molar-refractivity contribution in [1.29, 1.82) is 0 Å². The van der Waals surface area contributed by atoms with Crippen LogP contribution < -0.4 is 5.32 Å². The lowest BCUT2D eigenvalue weighted by Crippen LogP contribution is -2.45. The Balaban J connectivity index is 1.68. The van der Waals surface area contributed by atoms with Crippen LogP contribution in [0.25, 0.3) is 0 Å². The highest BCUT2D eigenvalue weighted by Crippen LogP contribution is 2.10. The summed E-state index contributed by atoms with van der Waals surface area (Å²) in [4.78, 5) is 23.7. The molecule has 0 radical (unpaired) electrons. The second-order valence-corrected chi connectivity index (χ2v) is 5.42. The lowest BCUT2D eigenvalue weighted by molar-refractivity contribution is -0.130. The van der Waals surface area contributed by atoms with Crippen molar-refractivity contribution in [2.24, 2.45) is 0 Å². The van der Waals surface area contributed by atoms with Crippen LogP contribution in [-0.4, -0.2) is 65.4 Å². The maximum absolute atomic E-state index is 11.7. The van der Waals surface area contributed by atoms with Crippen LogP contribution in [0.1, 0.15) is 18.5 Å². The highest BCUT2D eigenvalue weighted by molar-refractivity contribution is 5.77. The summed E-state index contributed by atoms with van der Waals surface area (Å²) >= 11 is 0. The van der Waals surface area contributed by atoms with Crippen LogP contribution in [0.4, 0.5) is 0 Å². The highest BCUT2D eigenvalue weighted by Gasteiger charge is 2.20. The van der Waals surface area contributed by atoms with E-state index in [1.807, 2.05) is 6.07 Å². The summed E-state index contributed by atoms with van der Waals surface area (Å²) in [6.07, 6.45) is 5.49. The Hall–Kier alpha value is -1.53. The summed E-state index contributed by atoms with van der Waals surface area (Å²) in [7, 11) is 3.61. The van der Waals surface area contributed by atoms with Crippen LogP contribution in [0.2, 0.25) is 0 Å². The van der Waals surface area contributed by atoms with Gasteiger partial charge in [-0.1, -0.05) is 0 Å². The first kappa shape index (κ1) is 14.9. The van der Waals surface area contributed by atoms with Crippen molar-refractivity contribution in [2.75, 3.05) is 33.7 Å². The van der Waals surface area contributed by atoms with E-state index in [1.54, 1.807) is 31.5 Å². The van der Waals surface area contributed by atoms with Gasteiger partial charge in [-0.25, -0.2) is 9.97 Å². The molecule has 0 spiro atoms. The maximum Gasteiger partial charge on any atom is 0.236 e. The summed E-state index contributed by atoms with van der Waals surface area (Å²) in [6, 6.07) is 2.44. The van der Waals surface area contributed by atoms with E-state index in [2.05, 4.69) is 20.2 Å². The molecule has 1 aromatic rings. The molecule has 110 valence electrons. The molecule has 1 fully saturated rings. The second kappa shape index (κ2) is 7.31. The topological polar surface area (TPSA) is 61.4 Å². The van der Waals surface area contributed by atoms with Crippen LogP contribution in [0.5, 0.6) is 0 Å². The number of hydrogen-bond acceptors (Lipinski definition) is 5. The van der Waals surface area contributed by atoms with Gasteiger partial charge in [-0.2, -0.15) is 0 Å². The van der Waals surface area contributed by atoms with Crippen molar-refractivity contribution < 1.29 is 4.79 Å². The molecule has 1 aromatic heterocycles. The number of likely N-dealkylation sites (tertiary alicyclic amines) is 1. The molecule has 0 aliphatic carbocycles. The number of piperidine rings is 1. The monoisotopic (exact) mass is 277 g/mol. The Morgan fingerprint density at radius 2 is 2.20 bits per heavy atom. The van der Waals surface area contributed by atoms with Crippen molar-refractivity contribution >= 4 is 5.91 Å². The van der Waals surface area contributed by atoms with Gasteiger partial charge in [0.25, 0.3) is 0 Å². The van der Waals surface area contributed by atoms with E-state index < -0.39 is 0 Å². The fraction of sp³-hybridized carbons (Fsp3) is 0.643. The molecule has 0 saturated carbocycles. The maximum atomic E-state index is 11.7. The number of rotatable bonds is 5. The lowest BCUT2D eigenvalue weighted by atomic mass is 10.0. The Bertz CT molecular complexity index is 415. The number of nitrogens with zero attached hydrogens (tertiary/aromatic N) is 4. The fourth-order valence-electron chi connectivity index (χ4n) is 2.30. The third-order valence-corrected chi connectivity index (χ3v) is 3.66. The quantitative estimate of drug-likeness (QED) is 0.828. The SMILES string of the molecule is CN(C)C(=O)CN1CCC(NCc2ccncn2)CC1. The first-order chi connectivity index (χ1) is 9.65. The zero-order valence-corrected chi connectivity index (χ0v) is 12.2. The van der Waals surface area contributed by atoms with Gasteiger partial charge >= 0.3 is 0 Å². The molecule has 0 bridgehead atoms. The van der Waals surface area contributed by atoms with E-state index in [0.29, 0.717) is 12.6 Å². The minimum atomic E-state index is 0.178. The molecule has 1 amide bonds. The minimum Gasteiger partial charge on any atom is -0.348 e. The van der Waals surface area contributed by atoms with Gasteiger partial charge in [0.05, 0.1) is 12.2 Å². The molecular weight excluding hydrogens is 254 g/mol.